The number of benzene rings is 1. The van der Waals surface area contributed by atoms with Gasteiger partial charge >= 0.3 is 0 Å². The van der Waals surface area contributed by atoms with E-state index in [1.54, 1.807) is 11.3 Å². The molecule has 0 aliphatic carbocycles. The van der Waals surface area contributed by atoms with E-state index in [0.29, 0.717) is 19.0 Å². The molecule has 2 rings (SSSR count). The van der Waals surface area contributed by atoms with Crippen molar-refractivity contribution in [3.63, 3.8) is 0 Å². The highest BCUT2D eigenvalue weighted by atomic mass is 127. The topological polar surface area (TPSA) is 59.9 Å². The number of thiophene rings is 1. The van der Waals surface area contributed by atoms with Gasteiger partial charge in [-0.15, -0.1) is 35.3 Å². The van der Waals surface area contributed by atoms with E-state index < -0.39 is 5.60 Å². The van der Waals surface area contributed by atoms with E-state index in [1.807, 2.05) is 45.5 Å². The second kappa shape index (κ2) is 10.9. The molecule has 0 bridgehead atoms. The Bertz CT molecular complexity index is 730. The quantitative estimate of drug-likeness (QED) is 0.307. The number of hydrogen-bond donors (Lipinski definition) is 3. The highest BCUT2D eigenvalue weighted by Gasteiger charge is 2.24. The van der Waals surface area contributed by atoms with Crippen molar-refractivity contribution in [2.24, 2.45) is 4.99 Å². The molecule has 0 saturated carbocycles. The van der Waals surface area contributed by atoms with Gasteiger partial charge in [-0.25, -0.2) is 4.99 Å². The first kappa shape index (κ1) is 23.7. The first-order valence-electron chi connectivity index (χ1n) is 8.89. The van der Waals surface area contributed by atoms with Crippen LogP contribution in [0.3, 0.4) is 0 Å². The van der Waals surface area contributed by atoms with Gasteiger partial charge in [-0.1, -0.05) is 18.2 Å². The van der Waals surface area contributed by atoms with Crippen LogP contribution in [0.2, 0.25) is 0 Å². The molecule has 27 heavy (non-hydrogen) atoms. The zero-order chi connectivity index (χ0) is 19.2. The number of guanidine groups is 1. The summed E-state index contributed by atoms with van der Waals surface area (Å²) >= 11 is 1.56. The normalized spacial score (nSPS) is 13.5. The fourth-order valence-electron chi connectivity index (χ4n) is 2.66. The molecule has 1 unspecified atom stereocenters. The maximum atomic E-state index is 10.7. The van der Waals surface area contributed by atoms with Crippen molar-refractivity contribution < 1.29 is 5.11 Å². The van der Waals surface area contributed by atoms with Gasteiger partial charge in [0.25, 0.3) is 0 Å². The molecule has 0 aliphatic heterocycles. The molecule has 0 spiro atoms. The van der Waals surface area contributed by atoms with Gasteiger partial charge in [0.1, 0.15) is 5.60 Å². The van der Waals surface area contributed by atoms with Gasteiger partial charge in [0, 0.05) is 31.2 Å². The molecule has 2 aromatic rings. The van der Waals surface area contributed by atoms with E-state index in [0.717, 1.165) is 11.4 Å². The lowest BCUT2D eigenvalue weighted by Crippen LogP contribution is -2.44. The number of aliphatic imine (C=N–C) groups is 1. The smallest absolute Gasteiger partial charge is 0.191 e. The molecule has 150 valence electrons. The van der Waals surface area contributed by atoms with Crippen LogP contribution in [0.25, 0.3) is 0 Å². The molecule has 0 saturated heterocycles. The third-order valence-electron chi connectivity index (χ3n) is 4.13. The van der Waals surface area contributed by atoms with Crippen molar-refractivity contribution >= 4 is 47.0 Å². The number of nitrogens with zero attached hydrogens (tertiary/aromatic N) is 2. The second-order valence-corrected chi connectivity index (χ2v) is 7.77. The van der Waals surface area contributed by atoms with Gasteiger partial charge in [0.15, 0.2) is 5.96 Å². The minimum absolute atomic E-state index is 0. The summed E-state index contributed by atoms with van der Waals surface area (Å²) < 4.78 is 0. The first-order valence-corrected chi connectivity index (χ1v) is 9.77. The average molecular weight is 502 g/mol. The van der Waals surface area contributed by atoms with Crippen LogP contribution >= 0.6 is 35.3 Å². The van der Waals surface area contributed by atoms with Crippen molar-refractivity contribution in [3.8, 4) is 0 Å². The summed E-state index contributed by atoms with van der Waals surface area (Å²) in [6.07, 6.45) is 0. The maximum absolute atomic E-state index is 10.7. The van der Waals surface area contributed by atoms with Crippen LogP contribution in [0.15, 0.2) is 40.7 Å². The Morgan fingerprint density at radius 3 is 2.59 bits per heavy atom. The molecule has 0 aliphatic rings. The Balaban J connectivity index is 0.00000364. The van der Waals surface area contributed by atoms with Crippen LogP contribution in [0.1, 0.15) is 29.9 Å². The van der Waals surface area contributed by atoms with Crippen molar-refractivity contribution in [3.05, 3.63) is 51.7 Å². The summed E-state index contributed by atoms with van der Waals surface area (Å²) in [6.45, 7) is 7.68. The van der Waals surface area contributed by atoms with Crippen LogP contribution in [0, 0.1) is 6.92 Å². The van der Waals surface area contributed by atoms with E-state index in [4.69, 9.17) is 4.99 Å². The van der Waals surface area contributed by atoms with Gasteiger partial charge in [-0.2, -0.15) is 0 Å². The first-order chi connectivity index (χ1) is 12.3. The lowest BCUT2D eigenvalue weighted by atomic mass is 10.1. The largest absolute Gasteiger partial charge is 0.383 e. The molecule has 5 nitrogen and oxygen atoms in total. The van der Waals surface area contributed by atoms with E-state index in [2.05, 4.69) is 40.7 Å². The molecule has 1 heterocycles. The van der Waals surface area contributed by atoms with E-state index >= 15 is 0 Å². The van der Waals surface area contributed by atoms with Gasteiger partial charge in [0.05, 0.1) is 13.1 Å². The van der Waals surface area contributed by atoms with Crippen molar-refractivity contribution in [2.45, 2.75) is 32.9 Å². The highest BCUT2D eigenvalue weighted by molar-refractivity contribution is 14.0. The van der Waals surface area contributed by atoms with Gasteiger partial charge in [0.2, 0.25) is 0 Å². The van der Waals surface area contributed by atoms with Crippen LogP contribution in [0.5, 0.6) is 0 Å². The average Bonchev–Trinajstić information content (AvgIpc) is 3.13. The Morgan fingerprint density at radius 2 is 2.00 bits per heavy atom. The predicted molar refractivity (Wildman–Crippen MR) is 128 cm³/mol. The molecular formula is C20H31IN4OS. The number of hydrogen-bond acceptors (Lipinski definition) is 4. The minimum Gasteiger partial charge on any atom is -0.383 e. The summed E-state index contributed by atoms with van der Waals surface area (Å²) in [4.78, 5) is 7.75. The predicted octanol–water partition coefficient (Wildman–Crippen LogP) is 3.70. The van der Waals surface area contributed by atoms with E-state index in [9.17, 15) is 5.11 Å². The van der Waals surface area contributed by atoms with Gasteiger partial charge in [-0.3, -0.25) is 0 Å². The van der Waals surface area contributed by atoms with Crippen LogP contribution in [-0.2, 0) is 12.1 Å². The number of aliphatic hydroxyl groups is 1. The Labute approximate surface area is 183 Å². The Kier molecular flexibility index (Phi) is 9.55. The fourth-order valence-corrected chi connectivity index (χ4v) is 3.44. The number of aryl methyl sites for hydroxylation is 1. The molecule has 7 heteroatoms. The van der Waals surface area contributed by atoms with E-state index in [-0.39, 0.29) is 24.0 Å². The molecule has 1 aromatic heterocycles. The number of halogens is 1. The summed E-state index contributed by atoms with van der Waals surface area (Å²) in [5.74, 6) is 0.703. The lowest BCUT2D eigenvalue weighted by molar-refractivity contribution is 0.0655. The Morgan fingerprint density at radius 1 is 1.26 bits per heavy atom. The molecular weight excluding hydrogens is 471 g/mol. The molecule has 0 fully saturated rings. The van der Waals surface area contributed by atoms with Crippen LogP contribution in [-0.4, -0.2) is 38.3 Å². The fraction of sp³-hybridized carbons (Fsp3) is 0.450. The third-order valence-corrected chi connectivity index (χ3v) is 5.25. The zero-order valence-electron chi connectivity index (χ0n) is 16.7. The molecule has 0 amide bonds. The highest BCUT2D eigenvalue weighted by Crippen LogP contribution is 2.24. The molecule has 1 atom stereocenters. The summed E-state index contributed by atoms with van der Waals surface area (Å²) in [5.41, 5.74) is 2.65. The SMILES string of the molecule is CCNC(=NCc1ccc(C)cc1N(C)C)NCC(C)(O)c1cccs1.I. The maximum Gasteiger partial charge on any atom is 0.191 e. The number of anilines is 1. The number of nitrogens with one attached hydrogen (secondary N) is 2. The van der Waals surface area contributed by atoms with Crippen molar-refractivity contribution in [1.82, 2.24) is 10.6 Å². The van der Waals surface area contributed by atoms with Gasteiger partial charge < -0.3 is 20.6 Å². The number of rotatable bonds is 7. The summed E-state index contributed by atoms with van der Waals surface area (Å²) in [7, 11) is 4.09. The zero-order valence-corrected chi connectivity index (χ0v) is 19.9. The van der Waals surface area contributed by atoms with E-state index in [1.165, 1.54) is 16.8 Å². The van der Waals surface area contributed by atoms with Crippen molar-refractivity contribution in [1.29, 1.82) is 0 Å². The minimum atomic E-state index is -0.928. The molecule has 1 aromatic carbocycles. The summed E-state index contributed by atoms with van der Waals surface area (Å²) in [6, 6.07) is 10.3. The standard InChI is InChI=1S/C20H30N4OS.HI/c1-6-21-19(23-14-20(3,25)18-8-7-11-26-18)22-13-16-10-9-15(2)12-17(16)24(4)5;/h7-12,25H,6,13-14H2,1-5H3,(H2,21,22,23);1H. The molecule has 0 radical (unpaired) electrons. The third kappa shape index (κ3) is 6.97. The summed E-state index contributed by atoms with van der Waals surface area (Å²) in [5, 5.41) is 19.2. The van der Waals surface area contributed by atoms with Crippen LogP contribution in [0.4, 0.5) is 5.69 Å². The molecule has 3 N–H and O–H groups in total. The lowest BCUT2D eigenvalue weighted by Gasteiger charge is -2.24. The Hall–Kier alpha value is -1.32. The monoisotopic (exact) mass is 502 g/mol. The van der Waals surface area contributed by atoms with Crippen molar-refractivity contribution in [2.75, 3.05) is 32.1 Å². The van der Waals surface area contributed by atoms with Crippen LogP contribution < -0.4 is 15.5 Å². The second-order valence-electron chi connectivity index (χ2n) is 6.83. The van der Waals surface area contributed by atoms with Gasteiger partial charge in [-0.05, 0) is 49.4 Å².